The maximum Gasteiger partial charge on any atom is 0.255 e. The maximum atomic E-state index is 12.2. The number of hydrogen-bond donors (Lipinski definition) is 2. The highest BCUT2D eigenvalue weighted by atomic mass is 16.1. The van der Waals surface area contributed by atoms with Gasteiger partial charge in [-0.2, -0.15) is 0 Å². The zero-order valence-corrected chi connectivity index (χ0v) is 10.6. The van der Waals surface area contributed by atoms with Crippen LogP contribution in [0.3, 0.4) is 0 Å². The average Bonchev–Trinajstić information content (AvgIpc) is 2.86. The Labute approximate surface area is 111 Å². The summed E-state index contributed by atoms with van der Waals surface area (Å²) in [4.78, 5) is 15.3. The van der Waals surface area contributed by atoms with Gasteiger partial charge in [0.25, 0.3) is 5.91 Å². The fourth-order valence-corrected chi connectivity index (χ4v) is 2.16. The number of rotatable bonds is 2. The predicted molar refractivity (Wildman–Crippen MR) is 77.4 cm³/mol. The van der Waals surface area contributed by atoms with Crippen molar-refractivity contribution in [2.45, 2.75) is 6.92 Å². The summed E-state index contributed by atoms with van der Waals surface area (Å²) in [5.74, 6) is -0.0759. The van der Waals surface area contributed by atoms with E-state index >= 15 is 0 Å². The van der Waals surface area contributed by atoms with Crippen molar-refractivity contribution in [3.8, 4) is 0 Å². The van der Waals surface area contributed by atoms with E-state index in [0.29, 0.717) is 5.56 Å². The number of benzene rings is 2. The first-order valence-electron chi connectivity index (χ1n) is 6.18. The summed E-state index contributed by atoms with van der Waals surface area (Å²) in [6.45, 7) is 1.93. The first-order valence-corrected chi connectivity index (χ1v) is 6.18. The molecular formula is C16H14N2O. The van der Waals surface area contributed by atoms with Gasteiger partial charge in [-0.05, 0) is 42.8 Å². The molecule has 2 aromatic carbocycles. The van der Waals surface area contributed by atoms with Crippen LogP contribution in [0, 0.1) is 6.92 Å². The normalized spacial score (nSPS) is 10.6. The molecule has 0 spiro atoms. The fourth-order valence-electron chi connectivity index (χ4n) is 2.16. The van der Waals surface area contributed by atoms with E-state index in [9.17, 15) is 4.79 Å². The van der Waals surface area contributed by atoms with Crippen molar-refractivity contribution in [3.63, 3.8) is 0 Å². The highest BCUT2D eigenvalue weighted by Gasteiger charge is 2.08. The SMILES string of the molecule is Cc1ccccc1C(=O)Nc1ccc2[nH]ccc2c1. The Kier molecular flexibility index (Phi) is 2.80. The van der Waals surface area contributed by atoms with Crippen molar-refractivity contribution in [1.29, 1.82) is 0 Å². The van der Waals surface area contributed by atoms with Crippen molar-refractivity contribution >= 4 is 22.5 Å². The van der Waals surface area contributed by atoms with Crippen molar-refractivity contribution in [1.82, 2.24) is 4.98 Å². The molecule has 2 N–H and O–H groups in total. The van der Waals surface area contributed by atoms with Crippen LogP contribution in [0.5, 0.6) is 0 Å². The molecule has 0 saturated carbocycles. The van der Waals surface area contributed by atoms with Gasteiger partial charge in [0, 0.05) is 28.4 Å². The third-order valence-corrected chi connectivity index (χ3v) is 3.20. The largest absolute Gasteiger partial charge is 0.361 e. The van der Waals surface area contributed by atoms with Gasteiger partial charge in [0.05, 0.1) is 0 Å². The van der Waals surface area contributed by atoms with Gasteiger partial charge in [-0.3, -0.25) is 4.79 Å². The summed E-state index contributed by atoms with van der Waals surface area (Å²) in [6, 6.07) is 15.4. The first kappa shape index (κ1) is 11.5. The molecule has 1 amide bonds. The second-order valence-corrected chi connectivity index (χ2v) is 4.55. The molecule has 0 aliphatic rings. The Morgan fingerprint density at radius 2 is 1.95 bits per heavy atom. The number of carbonyl (C=O) groups is 1. The molecule has 1 heterocycles. The Hall–Kier alpha value is -2.55. The fraction of sp³-hybridized carbons (Fsp3) is 0.0625. The summed E-state index contributed by atoms with van der Waals surface area (Å²) >= 11 is 0. The van der Waals surface area contributed by atoms with E-state index in [4.69, 9.17) is 0 Å². The van der Waals surface area contributed by atoms with Gasteiger partial charge in [-0.15, -0.1) is 0 Å². The molecule has 0 aliphatic heterocycles. The van der Waals surface area contributed by atoms with Crippen molar-refractivity contribution < 1.29 is 4.79 Å². The molecule has 1 aromatic heterocycles. The van der Waals surface area contributed by atoms with Gasteiger partial charge in [-0.25, -0.2) is 0 Å². The Balaban J connectivity index is 1.88. The molecule has 19 heavy (non-hydrogen) atoms. The lowest BCUT2D eigenvalue weighted by Gasteiger charge is -2.07. The number of carbonyl (C=O) groups excluding carboxylic acids is 1. The van der Waals surface area contributed by atoms with Crippen LogP contribution in [0.2, 0.25) is 0 Å². The van der Waals surface area contributed by atoms with Gasteiger partial charge in [0.15, 0.2) is 0 Å². The quantitative estimate of drug-likeness (QED) is 0.715. The van der Waals surface area contributed by atoms with Crippen LogP contribution in [-0.2, 0) is 0 Å². The number of H-pyrrole nitrogens is 1. The highest BCUT2D eigenvalue weighted by molar-refractivity contribution is 6.06. The van der Waals surface area contributed by atoms with Crippen molar-refractivity contribution in [2.75, 3.05) is 5.32 Å². The molecule has 3 rings (SSSR count). The number of fused-ring (bicyclic) bond motifs is 1. The molecule has 0 aliphatic carbocycles. The number of hydrogen-bond acceptors (Lipinski definition) is 1. The minimum Gasteiger partial charge on any atom is -0.361 e. The van der Waals surface area contributed by atoms with Crippen LogP contribution in [0.1, 0.15) is 15.9 Å². The zero-order chi connectivity index (χ0) is 13.2. The smallest absolute Gasteiger partial charge is 0.255 e. The van der Waals surface area contributed by atoms with Crippen LogP contribution in [0.15, 0.2) is 54.7 Å². The Morgan fingerprint density at radius 1 is 1.11 bits per heavy atom. The van der Waals surface area contributed by atoms with E-state index in [1.807, 2.05) is 61.7 Å². The van der Waals surface area contributed by atoms with Crippen LogP contribution in [0.4, 0.5) is 5.69 Å². The molecule has 0 bridgehead atoms. The minimum atomic E-state index is -0.0759. The number of nitrogens with one attached hydrogen (secondary N) is 2. The van der Waals surface area contributed by atoms with E-state index in [0.717, 1.165) is 22.2 Å². The van der Waals surface area contributed by atoms with Gasteiger partial charge >= 0.3 is 0 Å². The standard InChI is InChI=1S/C16H14N2O/c1-11-4-2-3-5-14(11)16(19)18-13-6-7-15-12(10-13)8-9-17-15/h2-10,17H,1H3,(H,18,19). The summed E-state index contributed by atoms with van der Waals surface area (Å²) in [7, 11) is 0. The number of aryl methyl sites for hydroxylation is 1. The van der Waals surface area contributed by atoms with Gasteiger partial charge in [-0.1, -0.05) is 18.2 Å². The number of aromatic amines is 1. The monoisotopic (exact) mass is 250 g/mol. The van der Waals surface area contributed by atoms with E-state index in [1.165, 1.54) is 0 Å². The van der Waals surface area contributed by atoms with Crippen LogP contribution in [0.25, 0.3) is 10.9 Å². The molecule has 0 saturated heterocycles. The first-order chi connectivity index (χ1) is 9.24. The summed E-state index contributed by atoms with van der Waals surface area (Å²) in [5.41, 5.74) is 3.55. The van der Waals surface area contributed by atoms with Gasteiger partial charge in [0.2, 0.25) is 0 Å². The van der Waals surface area contributed by atoms with Gasteiger partial charge in [0.1, 0.15) is 0 Å². The molecular weight excluding hydrogens is 236 g/mol. The number of anilines is 1. The maximum absolute atomic E-state index is 12.2. The van der Waals surface area contributed by atoms with E-state index in [1.54, 1.807) is 0 Å². The van der Waals surface area contributed by atoms with Crippen molar-refractivity contribution in [2.24, 2.45) is 0 Å². The predicted octanol–water partition coefficient (Wildman–Crippen LogP) is 3.73. The van der Waals surface area contributed by atoms with Crippen LogP contribution in [-0.4, -0.2) is 10.9 Å². The zero-order valence-electron chi connectivity index (χ0n) is 10.6. The van der Waals surface area contributed by atoms with E-state index in [-0.39, 0.29) is 5.91 Å². The third kappa shape index (κ3) is 2.22. The lowest BCUT2D eigenvalue weighted by atomic mass is 10.1. The van der Waals surface area contributed by atoms with Crippen LogP contribution >= 0.6 is 0 Å². The van der Waals surface area contributed by atoms with Crippen LogP contribution < -0.4 is 5.32 Å². The molecule has 3 aromatic rings. The minimum absolute atomic E-state index is 0.0759. The summed E-state index contributed by atoms with van der Waals surface area (Å²) in [6.07, 6.45) is 1.89. The highest BCUT2D eigenvalue weighted by Crippen LogP contribution is 2.19. The second kappa shape index (κ2) is 4.61. The number of amides is 1. The molecule has 3 nitrogen and oxygen atoms in total. The lowest BCUT2D eigenvalue weighted by Crippen LogP contribution is -2.13. The summed E-state index contributed by atoms with van der Waals surface area (Å²) < 4.78 is 0. The molecule has 0 unspecified atom stereocenters. The lowest BCUT2D eigenvalue weighted by molar-refractivity contribution is 0.102. The third-order valence-electron chi connectivity index (χ3n) is 3.20. The van der Waals surface area contributed by atoms with Gasteiger partial charge < -0.3 is 10.3 Å². The Morgan fingerprint density at radius 3 is 2.79 bits per heavy atom. The topological polar surface area (TPSA) is 44.9 Å². The molecule has 94 valence electrons. The Bertz CT molecular complexity index is 743. The molecule has 0 radical (unpaired) electrons. The molecule has 0 atom stereocenters. The van der Waals surface area contributed by atoms with Crippen molar-refractivity contribution in [3.05, 3.63) is 65.9 Å². The van der Waals surface area contributed by atoms with E-state index in [2.05, 4.69) is 10.3 Å². The number of aromatic nitrogens is 1. The summed E-state index contributed by atoms with van der Waals surface area (Å²) in [5, 5.41) is 4.01. The molecule has 3 heteroatoms. The second-order valence-electron chi connectivity index (χ2n) is 4.55. The average molecular weight is 250 g/mol. The van der Waals surface area contributed by atoms with E-state index < -0.39 is 0 Å². The molecule has 0 fully saturated rings.